The van der Waals surface area contributed by atoms with E-state index in [-0.39, 0.29) is 12.1 Å². The zero-order valence-electron chi connectivity index (χ0n) is 16.5. The van der Waals surface area contributed by atoms with E-state index in [1.807, 2.05) is 66.6 Å². The quantitative estimate of drug-likeness (QED) is 0.755. The first-order valence-electron chi connectivity index (χ1n) is 9.97. The number of halogens is 1. The topological polar surface area (TPSA) is 48.4 Å². The van der Waals surface area contributed by atoms with Crippen molar-refractivity contribution in [2.45, 2.75) is 19.5 Å². The molecular formula is C22H25ClN4O2. The van der Waals surface area contributed by atoms with Crippen LogP contribution in [-0.4, -0.2) is 59.6 Å². The van der Waals surface area contributed by atoms with Crippen LogP contribution in [0.3, 0.4) is 0 Å². The van der Waals surface area contributed by atoms with Gasteiger partial charge < -0.3 is 4.74 Å². The molecule has 2 heterocycles. The Morgan fingerprint density at radius 2 is 1.86 bits per heavy atom. The third kappa shape index (κ3) is 4.36. The number of amides is 1. The second-order valence-electron chi connectivity index (χ2n) is 7.07. The summed E-state index contributed by atoms with van der Waals surface area (Å²) in [4.78, 5) is 18.3. The highest BCUT2D eigenvalue weighted by Gasteiger charge is 2.39. The van der Waals surface area contributed by atoms with Crippen molar-refractivity contribution in [1.82, 2.24) is 15.1 Å². The van der Waals surface area contributed by atoms with Crippen molar-refractivity contribution in [3.8, 4) is 0 Å². The Balaban J connectivity index is 1.76. The smallest absolute Gasteiger partial charge is 0.283 e. The molecule has 29 heavy (non-hydrogen) atoms. The number of aliphatic imine (C=N–C) groups is 1. The summed E-state index contributed by atoms with van der Waals surface area (Å²) >= 11 is 6.28. The van der Waals surface area contributed by atoms with Gasteiger partial charge in [0.25, 0.3) is 5.91 Å². The Bertz CT molecular complexity index is 883. The van der Waals surface area contributed by atoms with E-state index >= 15 is 0 Å². The standard InChI is InChI=1S/C22H25ClN4O2/c1-2-26-22(28)20(15-17-7-4-3-5-8-17)24-21(18-9-6-10-19(23)16-18)27(26)25-11-13-29-14-12-25/h3-10,16,21H,2,11-15H2,1H3. The van der Waals surface area contributed by atoms with Crippen LogP contribution < -0.4 is 0 Å². The summed E-state index contributed by atoms with van der Waals surface area (Å²) in [6, 6.07) is 17.7. The summed E-state index contributed by atoms with van der Waals surface area (Å²) in [7, 11) is 0. The molecule has 2 aromatic carbocycles. The molecule has 1 atom stereocenters. The van der Waals surface area contributed by atoms with Crippen LogP contribution in [0.25, 0.3) is 0 Å². The highest BCUT2D eigenvalue weighted by Crippen LogP contribution is 2.32. The van der Waals surface area contributed by atoms with Crippen LogP contribution >= 0.6 is 11.6 Å². The van der Waals surface area contributed by atoms with E-state index in [0.717, 1.165) is 11.1 Å². The lowest BCUT2D eigenvalue weighted by Crippen LogP contribution is -2.62. The number of benzene rings is 2. The summed E-state index contributed by atoms with van der Waals surface area (Å²) in [5.74, 6) is -0.0545. The molecule has 6 nitrogen and oxygen atoms in total. The maximum absolute atomic E-state index is 13.3. The van der Waals surface area contributed by atoms with Crippen molar-refractivity contribution in [2.24, 2.45) is 4.99 Å². The van der Waals surface area contributed by atoms with Gasteiger partial charge in [-0.15, -0.1) is 5.12 Å². The number of hydrogen-bond donors (Lipinski definition) is 0. The Hall–Kier alpha value is -2.25. The summed E-state index contributed by atoms with van der Waals surface area (Å²) in [5, 5.41) is 6.59. The molecule has 1 amide bonds. The highest BCUT2D eigenvalue weighted by molar-refractivity contribution is 6.39. The number of hydrogen-bond acceptors (Lipinski definition) is 5. The van der Waals surface area contributed by atoms with Gasteiger partial charge in [-0.05, 0) is 30.2 Å². The van der Waals surface area contributed by atoms with Gasteiger partial charge in [-0.2, -0.15) is 0 Å². The van der Waals surface area contributed by atoms with E-state index in [4.69, 9.17) is 21.3 Å². The molecule has 152 valence electrons. The molecule has 1 unspecified atom stereocenters. The molecule has 7 heteroatoms. The average molecular weight is 413 g/mol. The molecule has 2 aliphatic heterocycles. The molecule has 1 saturated heterocycles. The van der Waals surface area contributed by atoms with Crippen molar-refractivity contribution in [2.75, 3.05) is 32.8 Å². The van der Waals surface area contributed by atoms with Gasteiger partial charge in [-0.1, -0.05) is 54.1 Å². The van der Waals surface area contributed by atoms with Gasteiger partial charge in [0.1, 0.15) is 5.71 Å². The number of ether oxygens (including phenoxy) is 1. The lowest BCUT2D eigenvalue weighted by atomic mass is 10.1. The molecule has 0 aromatic heterocycles. The molecule has 0 spiro atoms. The van der Waals surface area contributed by atoms with E-state index < -0.39 is 0 Å². The summed E-state index contributed by atoms with van der Waals surface area (Å²) in [6.07, 6.45) is 0.160. The molecule has 0 saturated carbocycles. The van der Waals surface area contributed by atoms with Crippen molar-refractivity contribution in [1.29, 1.82) is 0 Å². The van der Waals surface area contributed by atoms with Crippen molar-refractivity contribution < 1.29 is 9.53 Å². The molecule has 2 aliphatic rings. The minimum atomic E-state index is -0.344. The molecule has 1 fully saturated rings. The monoisotopic (exact) mass is 412 g/mol. The molecule has 0 aliphatic carbocycles. The molecule has 0 bridgehead atoms. The molecular weight excluding hydrogens is 388 g/mol. The molecule has 0 N–H and O–H groups in total. The first kappa shape index (κ1) is 20.0. The van der Waals surface area contributed by atoms with Crippen LogP contribution in [0.4, 0.5) is 0 Å². The van der Waals surface area contributed by atoms with Crippen LogP contribution in [-0.2, 0) is 16.0 Å². The Morgan fingerprint density at radius 3 is 2.55 bits per heavy atom. The third-order valence-corrected chi connectivity index (χ3v) is 5.40. The number of nitrogens with zero attached hydrogens (tertiary/aromatic N) is 4. The highest BCUT2D eigenvalue weighted by atomic mass is 35.5. The van der Waals surface area contributed by atoms with E-state index in [9.17, 15) is 4.79 Å². The minimum absolute atomic E-state index is 0.0545. The fourth-order valence-corrected chi connectivity index (χ4v) is 3.97. The Kier molecular flexibility index (Phi) is 6.25. The first-order valence-corrected chi connectivity index (χ1v) is 10.3. The summed E-state index contributed by atoms with van der Waals surface area (Å²) < 4.78 is 5.52. The van der Waals surface area contributed by atoms with Crippen molar-refractivity contribution in [3.63, 3.8) is 0 Å². The fourth-order valence-electron chi connectivity index (χ4n) is 3.77. The van der Waals surface area contributed by atoms with Crippen LogP contribution in [0.1, 0.15) is 24.2 Å². The molecule has 2 aromatic rings. The maximum atomic E-state index is 13.3. The van der Waals surface area contributed by atoms with Gasteiger partial charge in [-0.25, -0.2) is 5.01 Å². The van der Waals surface area contributed by atoms with Gasteiger partial charge >= 0.3 is 0 Å². The number of carbonyl (C=O) groups is 1. The van der Waals surface area contributed by atoms with Crippen LogP contribution in [0.15, 0.2) is 59.6 Å². The maximum Gasteiger partial charge on any atom is 0.283 e. The van der Waals surface area contributed by atoms with Gasteiger partial charge in [0, 0.05) is 31.1 Å². The SMILES string of the molecule is CCN1C(=O)C(Cc2ccccc2)=NC(c2cccc(Cl)c2)N1N1CCOCC1. The summed E-state index contributed by atoms with van der Waals surface area (Å²) in [5.41, 5.74) is 2.59. The molecule has 4 rings (SSSR count). The lowest BCUT2D eigenvalue weighted by molar-refractivity contribution is -0.229. The van der Waals surface area contributed by atoms with E-state index in [2.05, 4.69) is 5.01 Å². The largest absolute Gasteiger partial charge is 0.379 e. The van der Waals surface area contributed by atoms with Crippen molar-refractivity contribution >= 4 is 23.2 Å². The number of morpholine rings is 1. The van der Waals surface area contributed by atoms with E-state index in [0.29, 0.717) is 50.0 Å². The Labute approximate surface area is 176 Å². The van der Waals surface area contributed by atoms with Gasteiger partial charge in [0.2, 0.25) is 0 Å². The zero-order chi connectivity index (χ0) is 20.2. The van der Waals surface area contributed by atoms with Crippen LogP contribution in [0.5, 0.6) is 0 Å². The van der Waals surface area contributed by atoms with Gasteiger partial charge in [-0.3, -0.25) is 14.8 Å². The zero-order valence-corrected chi connectivity index (χ0v) is 17.3. The molecule has 0 radical (unpaired) electrons. The van der Waals surface area contributed by atoms with E-state index in [1.54, 1.807) is 5.01 Å². The van der Waals surface area contributed by atoms with Gasteiger partial charge in [0.15, 0.2) is 6.17 Å². The third-order valence-electron chi connectivity index (χ3n) is 5.16. The average Bonchev–Trinajstić information content (AvgIpc) is 2.76. The number of rotatable bonds is 5. The lowest BCUT2D eigenvalue weighted by Gasteiger charge is -2.48. The van der Waals surface area contributed by atoms with Crippen LogP contribution in [0, 0.1) is 0 Å². The second kappa shape index (κ2) is 9.05. The number of hydrazine groups is 2. The Morgan fingerprint density at radius 1 is 1.10 bits per heavy atom. The van der Waals surface area contributed by atoms with E-state index in [1.165, 1.54) is 0 Å². The first-order chi connectivity index (χ1) is 14.2. The fraction of sp³-hybridized carbons (Fsp3) is 0.364. The minimum Gasteiger partial charge on any atom is -0.379 e. The second-order valence-corrected chi connectivity index (χ2v) is 7.51. The number of carbonyl (C=O) groups excluding carboxylic acids is 1. The van der Waals surface area contributed by atoms with Gasteiger partial charge in [0.05, 0.1) is 13.2 Å². The van der Waals surface area contributed by atoms with Crippen molar-refractivity contribution in [3.05, 3.63) is 70.7 Å². The summed E-state index contributed by atoms with van der Waals surface area (Å²) in [6.45, 7) is 5.23. The predicted octanol–water partition coefficient (Wildman–Crippen LogP) is 3.35. The predicted molar refractivity (Wildman–Crippen MR) is 113 cm³/mol. The van der Waals surface area contributed by atoms with Crippen LogP contribution in [0.2, 0.25) is 5.02 Å². The normalized spacial score (nSPS) is 21.3.